The minimum Gasteiger partial charge on any atom is -0.379 e. The standard InChI is InChI=1S/C20H32N6O/c1-3-21-20(22-9-6-11-25-13-15-27-16-14-25)23-10-12-26-17(2)24-18-7-4-5-8-19(18)26/h4-5,7-8H,3,6,9-16H2,1-2H3,(H2,21,22,23). The summed E-state index contributed by atoms with van der Waals surface area (Å²) >= 11 is 0. The second-order valence-electron chi connectivity index (χ2n) is 6.79. The van der Waals surface area contributed by atoms with Gasteiger partial charge in [-0.2, -0.15) is 0 Å². The van der Waals surface area contributed by atoms with Crippen molar-refractivity contribution in [1.29, 1.82) is 0 Å². The van der Waals surface area contributed by atoms with Crippen LogP contribution in [0.5, 0.6) is 0 Å². The molecule has 1 aliphatic heterocycles. The third-order valence-electron chi connectivity index (χ3n) is 4.82. The van der Waals surface area contributed by atoms with Gasteiger partial charge < -0.3 is 19.9 Å². The van der Waals surface area contributed by atoms with Crippen LogP contribution in [0.3, 0.4) is 0 Å². The summed E-state index contributed by atoms with van der Waals surface area (Å²) in [5.74, 6) is 1.94. The van der Waals surface area contributed by atoms with Gasteiger partial charge in [0.25, 0.3) is 0 Å². The number of nitrogens with one attached hydrogen (secondary N) is 2. The van der Waals surface area contributed by atoms with Crippen molar-refractivity contribution in [2.75, 3.05) is 52.5 Å². The van der Waals surface area contributed by atoms with Crippen LogP contribution in [0.1, 0.15) is 19.2 Å². The molecule has 7 nitrogen and oxygen atoms in total. The number of ether oxygens (including phenoxy) is 1. The number of rotatable bonds is 8. The summed E-state index contributed by atoms with van der Waals surface area (Å²) in [4.78, 5) is 11.8. The second-order valence-corrected chi connectivity index (χ2v) is 6.79. The average Bonchev–Trinajstić information content (AvgIpc) is 3.01. The van der Waals surface area contributed by atoms with Gasteiger partial charge in [0.2, 0.25) is 0 Å². The van der Waals surface area contributed by atoms with Crippen LogP contribution in [0, 0.1) is 6.92 Å². The molecule has 1 fully saturated rings. The first-order valence-electron chi connectivity index (χ1n) is 10.0. The highest BCUT2D eigenvalue weighted by Crippen LogP contribution is 2.14. The lowest BCUT2D eigenvalue weighted by molar-refractivity contribution is 0.0377. The highest BCUT2D eigenvalue weighted by molar-refractivity contribution is 5.79. The molecule has 7 heteroatoms. The van der Waals surface area contributed by atoms with Crippen LogP contribution in [0.25, 0.3) is 11.0 Å². The number of benzene rings is 1. The maximum absolute atomic E-state index is 5.39. The molecule has 0 saturated carbocycles. The highest BCUT2D eigenvalue weighted by atomic mass is 16.5. The molecule has 1 aromatic heterocycles. The molecule has 1 aliphatic rings. The predicted octanol–water partition coefficient (Wildman–Crippen LogP) is 1.62. The molecule has 1 aromatic carbocycles. The van der Waals surface area contributed by atoms with Gasteiger partial charge >= 0.3 is 0 Å². The summed E-state index contributed by atoms with van der Waals surface area (Å²) < 4.78 is 7.64. The normalized spacial score (nSPS) is 16.0. The largest absolute Gasteiger partial charge is 0.379 e. The molecule has 0 unspecified atom stereocenters. The van der Waals surface area contributed by atoms with Crippen molar-refractivity contribution in [3.63, 3.8) is 0 Å². The summed E-state index contributed by atoms with van der Waals surface area (Å²) in [6.07, 6.45) is 1.07. The molecule has 0 radical (unpaired) electrons. The Kier molecular flexibility index (Phi) is 7.47. The Morgan fingerprint density at radius 2 is 2.00 bits per heavy atom. The minimum atomic E-state index is 0.816. The summed E-state index contributed by atoms with van der Waals surface area (Å²) in [6.45, 7) is 12.4. The van der Waals surface area contributed by atoms with Gasteiger partial charge in [0.1, 0.15) is 5.82 Å². The maximum atomic E-state index is 5.39. The molecule has 148 valence electrons. The van der Waals surface area contributed by atoms with E-state index in [1.165, 1.54) is 5.52 Å². The van der Waals surface area contributed by atoms with E-state index >= 15 is 0 Å². The molecule has 0 atom stereocenters. The van der Waals surface area contributed by atoms with Gasteiger partial charge in [-0.25, -0.2) is 4.98 Å². The molecule has 3 rings (SSSR count). The van der Waals surface area contributed by atoms with Crippen LogP contribution in [0.4, 0.5) is 0 Å². The Hall–Kier alpha value is -2.12. The number of nitrogens with zero attached hydrogens (tertiary/aromatic N) is 4. The minimum absolute atomic E-state index is 0.816. The number of hydrogen-bond donors (Lipinski definition) is 2. The Labute approximate surface area is 161 Å². The van der Waals surface area contributed by atoms with Gasteiger partial charge in [0, 0.05) is 45.8 Å². The molecule has 0 aliphatic carbocycles. The molecule has 2 heterocycles. The molecule has 27 heavy (non-hydrogen) atoms. The van der Waals surface area contributed by atoms with Gasteiger partial charge in [-0.15, -0.1) is 0 Å². The topological polar surface area (TPSA) is 66.7 Å². The van der Waals surface area contributed by atoms with Gasteiger partial charge in [0.05, 0.1) is 24.2 Å². The number of imidazole rings is 1. The van der Waals surface area contributed by atoms with Crippen molar-refractivity contribution < 1.29 is 4.74 Å². The Bertz CT molecular complexity index is 735. The molecule has 2 N–H and O–H groups in total. The SMILES string of the molecule is CCNC(=NCCCN1CCOCC1)NCCn1c(C)nc2ccccc21. The first-order chi connectivity index (χ1) is 13.3. The number of fused-ring (bicyclic) bond motifs is 1. The zero-order valence-electron chi connectivity index (χ0n) is 16.6. The zero-order valence-corrected chi connectivity index (χ0v) is 16.6. The monoisotopic (exact) mass is 372 g/mol. The van der Waals surface area contributed by atoms with Crippen molar-refractivity contribution in [1.82, 2.24) is 25.1 Å². The average molecular weight is 373 g/mol. The fourth-order valence-corrected chi connectivity index (χ4v) is 3.42. The quantitative estimate of drug-likeness (QED) is 0.419. The Morgan fingerprint density at radius 1 is 1.19 bits per heavy atom. The summed E-state index contributed by atoms with van der Waals surface area (Å²) in [5.41, 5.74) is 2.24. The van der Waals surface area contributed by atoms with E-state index in [9.17, 15) is 0 Å². The third-order valence-corrected chi connectivity index (χ3v) is 4.82. The van der Waals surface area contributed by atoms with Gasteiger partial charge in [-0.05, 0) is 32.4 Å². The van der Waals surface area contributed by atoms with Crippen LogP contribution in [-0.4, -0.2) is 72.9 Å². The molecule has 0 spiro atoms. The number of aryl methyl sites for hydroxylation is 1. The summed E-state index contributed by atoms with van der Waals surface area (Å²) in [6, 6.07) is 8.28. The third kappa shape index (κ3) is 5.68. The number of aromatic nitrogens is 2. The Balaban J connectivity index is 1.46. The van der Waals surface area contributed by atoms with Crippen molar-refractivity contribution in [2.24, 2.45) is 4.99 Å². The molecular weight excluding hydrogens is 340 g/mol. The van der Waals surface area contributed by atoms with Crippen molar-refractivity contribution in [2.45, 2.75) is 26.8 Å². The van der Waals surface area contributed by atoms with E-state index in [2.05, 4.69) is 57.1 Å². The lowest BCUT2D eigenvalue weighted by Gasteiger charge is -2.26. The maximum Gasteiger partial charge on any atom is 0.191 e. The number of guanidine groups is 1. The number of morpholine rings is 1. The predicted molar refractivity (Wildman–Crippen MR) is 110 cm³/mol. The van der Waals surface area contributed by atoms with Gasteiger partial charge in [-0.3, -0.25) is 9.89 Å². The number of aliphatic imine (C=N–C) groups is 1. The smallest absolute Gasteiger partial charge is 0.191 e. The van der Waals surface area contributed by atoms with Crippen LogP contribution in [-0.2, 0) is 11.3 Å². The van der Waals surface area contributed by atoms with Gasteiger partial charge in [0.15, 0.2) is 5.96 Å². The van der Waals surface area contributed by atoms with Crippen molar-refractivity contribution >= 4 is 17.0 Å². The molecular formula is C20H32N6O. The second kappa shape index (κ2) is 10.3. The summed E-state index contributed by atoms with van der Waals surface area (Å²) in [7, 11) is 0. The lowest BCUT2D eigenvalue weighted by Crippen LogP contribution is -2.39. The molecule has 0 amide bonds. The highest BCUT2D eigenvalue weighted by Gasteiger charge is 2.09. The van der Waals surface area contributed by atoms with E-state index < -0.39 is 0 Å². The van der Waals surface area contributed by atoms with Gasteiger partial charge in [-0.1, -0.05) is 12.1 Å². The molecule has 0 bridgehead atoms. The Morgan fingerprint density at radius 3 is 2.81 bits per heavy atom. The molecule has 2 aromatic rings. The lowest BCUT2D eigenvalue weighted by atomic mass is 10.3. The molecule has 1 saturated heterocycles. The number of hydrogen-bond acceptors (Lipinski definition) is 4. The fraction of sp³-hybridized carbons (Fsp3) is 0.600. The van der Waals surface area contributed by atoms with Crippen LogP contribution >= 0.6 is 0 Å². The zero-order chi connectivity index (χ0) is 18.9. The van der Waals surface area contributed by atoms with Crippen molar-refractivity contribution in [3.05, 3.63) is 30.1 Å². The van der Waals surface area contributed by atoms with Crippen LogP contribution in [0.2, 0.25) is 0 Å². The number of para-hydroxylation sites is 2. The van der Waals surface area contributed by atoms with E-state index in [1.54, 1.807) is 0 Å². The van der Waals surface area contributed by atoms with E-state index in [0.29, 0.717) is 0 Å². The van der Waals surface area contributed by atoms with Crippen molar-refractivity contribution in [3.8, 4) is 0 Å². The van der Waals surface area contributed by atoms with E-state index in [0.717, 1.165) is 82.7 Å². The van der Waals surface area contributed by atoms with Crippen LogP contribution < -0.4 is 10.6 Å². The summed E-state index contributed by atoms with van der Waals surface area (Å²) in [5, 5.41) is 6.78. The fourth-order valence-electron chi connectivity index (χ4n) is 3.42. The van der Waals surface area contributed by atoms with E-state index in [-0.39, 0.29) is 0 Å². The first kappa shape index (κ1) is 19.6. The first-order valence-corrected chi connectivity index (χ1v) is 10.0. The van der Waals surface area contributed by atoms with E-state index in [4.69, 9.17) is 9.73 Å². The van der Waals surface area contributed by atoms with Crippen LogP contribution in [0.15, 0.2) is 29.3 Å². The van der Waals surface area contributed by atoms with E-state index in [1.807, 2.05) is 6.07 Å².